The number of nitrogens with zero attached hydrogens (tertiary/aromatic N) is 1. The van der Waals surface area contributed by atoms with Crippen LogP contribution in [0.1, 0.15) is 60.8 Å². The molecule has 0 N–H and O–H groups in total. The van der Waals surface area contributed by atoms with Crippen LogP contribution in [0.25, 0.3) is 0 Å². The minimum absolute atomic E-state index is 0.687. The van der Waals surface area contributed by atoms with E-state index in [1.165, 1.54) is 25.8 Å². The molecule has 0 aliphatic rings. The molecule has 0 saturated carbocycles. The summed E-state index contributed by atoms with van der Waals surface area (Å²) < 4.78 is 0. The molecule has 2 atom stereocenters. The quantitative estimate of drug-likeness (QED) is 0.600. The smallest absolute Gasteiger partial charge is 0.00696 e. The van der Waals surface area contributed by atoms with Gasteiger partial charge in [0.25, 0.3) is 0 Å². The highest BCUT2D eigenvalue weighted by Crippen LogP contribution is 2.16. The SMILES string of the molecule is CCC(C)CCC(C)N(CC)C(C)C. The third-order valence-electron chi connectivity index (χ3n) is 3.37. The molecule has 2 unspecified atom stereocenters. The lowest BCUT2D eigenvalue weighted by molar-refractivity contribution is 0.159. The van der Waals surface area contributed by atoms with Gasteiger partial charge in [-0.1, -0.05) is 27.2 Å². The fraction of sp³-hybridized carbons (Fsp3) is 1.00. The second kappa shape index (κ2) is 7.28. The van der Waals surface area contributed by atoms with E-state index < -0.39 is 0 Å². The molecule has 0 saturated heterocycles. The minimum atomic E-state index is 0.687. The Bertz CT molecular complexity index is 131. The molecule has 0 amide bonds. The van der Waals surface area contributed by atoms with E-state index in [4.69, 9.17) is 0 Å². The molecule has 0 aliphatic heterocycles. The summed E-state index contributed by atoms with van der Waals surface area (Å²) in [5.41, 5.74) is 0. The van der Waals surface area contributed by atoms with Gasteiger partial charge in [0, 0.05) is 12.1 Å². The summed E-state index contributed by atoms with van der Waals surface area (Å²) >= 11 is 0. The summed E-state index contributed by atoms with van der Waals surface area (Å²) in [5, 5.41) is 0. The first-order chi connectivity index (χ1) is 6.52. The third kappa shape index (κ3) is 4.99. The average molecular weight is 199 g/mol. The average Bonchev–Trinajstić information content (AvgIpc) is 2.14. The predicted molar refractivity (Wildman–Crippen MR) is 65.7 cm³/mol. The van der Waals surface area contributed by atoms with Gasteiger partial charge in [0.2, 0.25) is 0 Å². The Morgan fingerprint density at radius 3 is 1.86 bits per heavy atom. The zero-order chi connectivity index (χ0) is 11.1. The molecule has 0 bridgehead atoms. The zero-order valence-electron chi connectivity index (χ0n) is 11.0. The monoisotopic (exact) mass is 199 g/mol. The summed E-state index contributed by atoms with van der Waals surface area (Å²) in [6.07, 6.45) is 4.04. The van der Waals surface area contributed by atoms with Crippen LogP contribution in [0, 0.1) is 5.92 Å². The van der Waals surface area contributed by atoms with Gasteiger partial charge >= 0.3 is 0 Å². The van der Waals surface area contributed by atoms with Crippen molar-refractivity contribution in [1.29, 1.82) is 0 Å². The predicted octanol–water partition coefficient (Wildman–Crippen LogP) is 3.93. The highest BCUT2D eigenvalue weighted by molar-refractivity contribution is 4.70. The van der Waals surface area contributed by atoms with E-state index in [0.717, 1.165) is 12.0 Å². The molecule has 86 valence electrons. The molecule has 0 aliphatic carbocycles. The van der Waals surface area contributed by atoms with Crippen molar-refractivity contribution in [2.24, 2.45) is 5.92 Å². The lowest BCUT2D eigenvalue weighted by Gasteiger charge is -2.32. The van der Waals surface area contributed by atoms with E-state index in [2.05, 4.69) is 46.4 Å². The van der Waals surface area contributed by atoms with Crippen molar-refractivity contribution in [1.82, 2.24) is 4.90 Å². The molecular formula is C13H29N. The fourth-order valence-corrected chi connectivity index (χ4v) is 2.08. The van der Waals surface area contributed by atoms with Gasteiger partial charge < -0.3 is 0 Å². The van der Waals surface area contributed by atoms with Crippen LogP contribution in [0.3, 0.4) is 0 Å². The first-order valence-corrected chi connectivity index (χ1v) is 6.28. The van der Waals surface area contributed by atoms with Crippen LogP contribution in [0.15, 0.2) is 0 Å². The first kappa shape index (κ1) is 14.0. The van der Waals surface area contributed by atoms with E-state index in [0.29, 0.717) is 6.04 Å². The maximum absolute atomic E-state index is 2.59. The van der Waals surface area contributed by atoms with Crippen molar-refractivity contribution in [2.45, 2.75) is 72.9 Å². The molecule has 1 nitrogen and oxygen atoms in total. The Balaban J connectivity index is 3.86. The highest BCUT2D eigenvalue weighted by atomic mass is 15.2. The molecule has 0 aromatic rings. The fourth-order valence-electron chi connectivity index (χ4n) is 2.08. The van der Waals surface area contributed by atoms with Crippen LogP contribution >= 0.6 is 0 Å². The molecule has 0 heterocycles. The normalized spacial score (nSPS) is 16.3. The summed E-state index contributed by atoms with van der Waals surface area (Å²) in [7, 11) is 0. The number of rotatable bonds is 7. The van der Waals surface area contributed by atoms with Gasteiger partial charge in [-0.15, -0.1) is 0 Å². The molecule has 0 rings (SSSR count). The Kier molecular flexibility index (Phi) is 7.26. The lowest BCUT2D eigenvalue weighted by atomic mass is 9.99. The second-order valence-corrected chi connectivity index (χ2v) is 4.86. The van der Waals surface area contributed by atoms with E-state index in [9.17, 15) is 0 Å². The molecule has 0 aromatic heterocycles. The van der Waals surface area contributed by atoms with E-state index >= 15 is 0 Å². The van der Waals surface area contributed by atoms with Crippen molar-refractivity contribution in [3.63, 3.8) is 0 Å². The van der Waals surface area contributed by atoms with Crippen molar-refractivity contribution >= 4 is 0 Å². The summed E-state index contributed by atoms with van der Waals surface area (Å²) in [6, 6.07) is 1.43. The van der Waals surface area contributed by atoms with Crippen LogP contribution < -0.4 is 0 Å². The van der Waals surface area contributed by atoms with Crippen LogP contribution in [0.2, 0.25) is 0 Å². The molecule has 0 spiro atoms. The van der Waals surface area contributed by atoms with Crippen LogP contribution in [-0.2, 0) is 0 Å². The number of hydrogen-bond acceptors (Lipinski definition) is 1. The van der Waals surface area contributed by atoms with Gasteiger partial charge in [-0.25, -0.2) is 0 Å². The Morgan fingerprint density at radius 1 is 0.929 bits per heavy atom. The molecular weight excluding hydrogens is 170 g/mol. The van der Waals surface area contributed by atoms with Crippen molar-refractivity contribution in [2.75, 3.05) is 6.54 Å². The first-order valence-electron chi connectivity index (χ1n) is 6.28. The summed E-state index contributed by atoms with van der Waals surface area (Å²) in [5.74, 6) is 0.892. The molecule has 0 radical (unpaired) electrons. The van der Waals surface area contributed by atoms with Gasteiger partial charge in [0.05, 0.1) is 0 Å². The van der Waals surface area contributed by atoms with Crippen molar-refractivity contribution in [3.05, 3.63) is 0 Å². The molecule has 1 heteroatoms. The van der Waals surface area contributed by atoms with Gasteiger partial charge in [0.1, 0.15) is 0 Å². The third-order valence-corrected chi connectivity index (χ3v) is 3.37. The van der Waals surface area contributed by atoms with E-state index in [1.807, 2.05) is 0 Å². The largest absolute Gasteiger partial charge is 0.299 e. The second-order valence-electron chi connectivity index (χ2n) is 4.86. The van der Waals surface area contributed by atoms with E-state index in [-0.39, 0.29) is 0 Å². The number of hydrogen-bond donors (Lipinski definition) is 0. The van der Waals surface area contributed by atoms with Gasteiger partial charge in [-0.05, 0) is 46.1 Å². The topological polar surface area (TPSA) is 3.24 Å². The molecule has 14 heavy (non-hydrogen) atoms. The Hall–Kier alpha value is -0.0400. The zero-order valence-corrected chi connectivity index (χ0v) is 11.0. The van der Waals surface area contributed by atoms with Crippen molar-refractivity contribution < 1.29 is 0 Å². The van der Waals surface area contributed by atoms with Gasteiger partial charge in [0.15, 0.2) is 0 Å². The summed E-state index contributed by atoms with van der Waals surface area (Å²) in [6.45, 7) is 15.0. The van der Waals surface area contributed by atoms with Crippen LogP contribution in [0.4, 0.5) is 0 Å². The van der Waals surface area contributed by atoms with Crippen LogP contribution in [-0.4, -0.2) is 23.5 Å². The minimum Gasteiger partial charge on any atom is -0.299 e. The lowest BCUT2D eigenvalue weighted by Crippen LogP contribution is -2.38. The van der Waals surface area contributed by atoms with E-state index in [1.54, 1.807) is 0 Å². The van der Waals surface area contributed by atoms with Crippen LogP contribution in [0.5, 0.6) is 0 Å². The van der Waals surface area contributed by atoms with Crippen molar-refractivity contribution in [3.8, 4) is 0 Å². The molecule has 0 aromatic carbocycles. The molecule has 0 fully saturated rings. The maximum Gasteiger partial charge on any atom is 0.00696 e. The maximum atomic E-state index is 2.59. The summed E-state index contributed by atoms with van der Waals surface area (Å²) in [4.78, 5) is 2.59. The highest BCUT2D eigenvalue weighted by Gasteiger charge is 2.15. The Morgan fingerprint density at radius 2 is 1.50 bits per heavy atom. The van der Waals surface area contributed by atoms with Gasteiger partial charge in [-0.3, -0.25) is 4.90 Å². The standard InChI is InChI=1S/C13H29N/c1-7-12(5)9-10-13(6)14(8-2)11(3)4/h11-13H,7-10H2,1-6H3. The van der Waals surface area contributed by atoms with Gasteiger partial charge in [-0.2, -0.15) is 0 Å². The Labute approximate surface area is 90.9 Å².